The molecule has 3 heteroatoms. The lowest BCUT2D eigenvalue weighted by Gasteiger charge is -2.27. The van der Waals surface area contributed by atoms with Crippen molar-refractivity contribution in [3.8, 4) is 0 Å². The van der Waals surface area contributed by atoms with E-state index in [1.807, 2.05) is 0 Å². The van der Waals surface area contributed by atoms with Gasteiger partial charge in [0, 0.05) is 11.5 Å². The van der Waals surface area contributed by atoms with Crippen molar-refractivity contribution in [2.45, 2.75) is 45.4 Å². The first kappa shape index (κ1) is 15.1. The molecule has 1 aromatic carbocycles. The molecule has 0 amide bonds. The number of hydrogen-bond donors (Lipinski definition) is 0. The molecular weight excluding hydrogens is 261 g/mol. The normalized spacial score (nSPS) is 24.4. The van der Waals surface area contributed by atoms with Gasteiger partial charge in [-0.2, -0.15) is 0 Å². The molecule has 110 valence electrons. The summed E-state index contributed by atoms with van der Waals surface area (Å²) >= 11 is 0. The van der Waals surface area contributed by atoms with Gasteiger partial charge in [0.1, 0.15) is 11.6 Å². The van der Waals surface area contributed by atoms with Crippen LogP contribution in [0.2, 0.25) is 0 Å². The third-order valence-electron chi connectivity index (χ3n) is 4.21. The number of benzene rings is 1. The maximum atomic E-state index is 14.2. The Hall–Kier alpha value is -1.25. The van der Waals surface area contributed by atoms with Crippen LogP contribution in [-0.4, -0.2) is 0 Å². The van der Waals surface area contributed by atoms with E-state index in [1.165, 1.54) is 18.6 Å². The first-order chi connectivity index (χ1) is 9.61. The molecule has 0 radical (unpaired) electrons. The fraction of sp³-hybridized carbons (Fsp3) is 0.529. The first-order valence-electron chi connectivity index (χ1n) is 7.43. The van der Waals surface area contributed by atoms with Crippen LogP contribution in [0, 0.1) is 17.7 Å². The van der Waals surface area contributed by atoms with E-state index < -0.39 is 17.5 Å². The van der Waals surface area contributed by atoms with Crippen molar-refractivity contribution in [2.24, 2.45) is 11.8 Å². The molecule has 1 saturated carbocycles. The molecule has 0 saturated heterocycles. The summed E-state index contributed by atoms with van der Waals surface area (Å²) in [5.41, 5.74) is 0.125. The summed E-state index contributed by atoms with van der Waals surface area (Å²) in [4.78, 5) is 0. The van der Waals surface area contributed by atoms with Gasteiger partial charge < -0.3 is 0 Å². The van der Waals surface area contributed by atoms with Gasteiger partial charge in [0.25, 0.3) is 0 Å². The van der Waals surface area contributed by atoms with Crippen molar-refractivity contribution in [3.05, 3.63) is 41.5 Å². The summed E-state index contributed by atoms with van der Waals surface area (Å²) in [7, 11) is 0. The highest BCUT2D eigenvalue weighted by molar-refractivity contribution is 5.61. The van der Waals surface area contributed by atoms with Gasteiger partial charge >= 0.3 is 0 Å². The van der Waals surface area contributed by atoms with Gasteiger partial charge in [-0.3, -0.25) is 0 Å². The average Bonchev–Trinajstić information content (AvgIpc) is 2.48. The van der Waals surface area contributed by atoms with E-state index in [0.29, 0.717) is 18.8 Å². The lowest BCUT2D eigenvalue weighted by Crippen LogP contribution is -2.15. The van der Waals surface area contributed by atoms with E-state index in [-0.39, 0.29) is 11.5 Å². The van der Waals surface area contributed by atoms with Crippen LogP contribution in [-0.2, 0) is 0 Å². The van der Waals surface area contributed by atoms with Gasteiger partial charge in [-0.25, -0.2) is 13.2 Å². The average molecular weight is 282 g/mol. The molecule has 0 aliphatic heterocycles. The highest BCUT2D eigenvalue weighted by Gasteiger charge is 2.26. The Bertz CT molecular complexity index is 454. The van der Waals surface area contributed by atoms with E-state index in [2.05, 4.69) is 6.92 Å². The fourth-order valence-electron chi connectivity index (χ4n) is 3.03. The molecule has 0 aromatic heterocycles. The van der Waals surface area contributed by atoms with E-state index in [1.54, 1.807) is 0 Å². The molecule has 0 N–H and O–H groups in total. The van der Waals surface area contributed by atoms with Crippen LogP contribution < -0.4 is 0 Å². The minimum atomic E-state index is -0.830. The second-order valence-corrected chi connectivity index (χ2v) is 5.68. The molecule has 1 aliphatic carbocycles. The molecule has 20 heavy (non-hydrogen) atoms. The molecule has 0 nitrogen and oxygen atoms in total. The first-order valence-corrected chi connectivity index (χ1v) is 7.43. The van der Waals surface area contributed by atoms with Crippen LogP contribution in [0.3, 0.4) is 0 Å². The summed E-state index contributed by atoms with van der Waals surface area (Å²) in [6, 6.07) is 4.88. The number of hydrogen-bond acceptors (Lipinski definition) is 0. The van der Waals surface area contributed by atoms with Gasteiger partial charge in [-0.05, 0) is 55.9 Å². The minimum absolute atomic E-state index is 0.125. The van der Waals surface area contributed by atoms with Gasteiger partial charge in [-0.1, -0.05) is 19.8 Å². The maximum Gasteiger partial charge on any atom is 0.162 e. The quantitative estimate of drug-likeness (QED) is 0.631. The van der Waals surface area contributed by atoms with E-state index in [4.69, 9.17) is 0 Å². The molecule has 0 bridgehead atoms. The summed E-state index contributed by atoms with van der Waals surface area (Å²) < 4.78 is 41.1. The van der Waals surface area contributed by atoms with E-state index in [0.717, 1.165) is 31.4 Å². The van der Waals surface area contributed by atoms with Gasteiger partial charge in [0.2, 0.25) is 0 Å². The van der Waals surface area contributed by atoms with Crippen molar-refractivity contribution >= 4 is 5.83 Å². The van der Waals surface area contributed by atoms with Crippen LogP contribution in [0.25, 0.3) is 5.83 Å². The zero-order chi connectivity index (χ0) is 14.5. The molecule has 0 heterocycles. The van der Waals surface area contributed by atoms with Gasteiger partial charge in [0.15, 0.2) is 5.83 Å². The smallest absolute Gasteiger partial charge is 0.162 e. The predicted octanol–water partition coefficient (Wildman–Crippen LogP) is 6.04. The van der Waals surface area contributed by atoms with Crippen molar-refractivity contribution < 1.29 is 13.2 Å². The topological polar surface area (TPSA) is 0 Å². The predicted molar refractivity (Wildman–Crippen MR) is 75.9 cm³/mol. The Morgan fingerprint density at radius 2 is 1.65 bits per heavy atom. The van der Waals surface area contributed by atoms with Gasteiger partial charge in [-0.15, -0.1) is 0 Å². The molecule has 1 fully saturated rings. The highest BCUT2D eigenvalue weighted by atomic mass is 19.2. The third kappa shape index (κ3) is 3.65. The Morgan fingerprint density at radius 3 is 2.20 bits per heavy atom. The van der Waals surface area contributed by atoms with E-state index in [9.17, 15) is 13.2 Å². The van der Waals surface area contributed by atoms with Crippen LogP contribution in [0.4, 0.5) is 13.2 Å². The summed E-state index contributed by atoms with van der Waals surface area (Å²) in [5, 5.41) is 0. The Morgan fingerprint density at radius 1 is 1.05 bits per heavy atom. The molecule has 1 aromatic rings. The highest BCUT2D eigenvalue weighted by Crippen LogP contribution is 2.38. The molecule has 0 atom stereocenters. The Kier molecular flexibility index (Phi) is 5.27. The molecule has 0 spiro atoms. The van der Waals surface area contributed by atoms with Gasteiger partial charge in [0.05, 0.1) is 0 Å². The molecule has 1 aliphatic rings. The molecule has 2 rings (SSSR count). The van der Waals surface area contributed by atoms with Crippen molar-refractivity contribution in [3.63, 3.8) is 0 Å². The minimum Gasteiger partial charge on any atom is -0.208 e. The maximum absolute atomic E-state index is 14.2. The lowest BCUT2D eigenvalue weighted by atomic mass is 9.79. The lowest BCUT2D eigenvalue weighted by molar-refractivity contribution is 0.261. The van der Waals surface area contributed by atoms with Crippen LogP contribution in [0.5, 0.6) is 0 Å². The summed E-state index contributed by atoms with van der Waals surface area (Å²) in [5.74, 6) is -1.58. The van der Waals surface area contributed by atoms with Crippen LogP contribution in [0.1, 0.15) is 51.0 Å². The Labute approximate surface area is 118 Å². The standard InChI is InChI=1S/C17H21F3/c1-2-3-12-4-6-13(7-5-12)16(19)17(20)14-8-10-15(18)11-9-14/h8-13H,2-7H2,1H3/b17-16+. The third-order valence-corrected chi connectivity index (χ3v) is 4.21. The Balaban J connectivity index is 2.04. The van der Waals surface area contributed by atoms with Crippen LogP contribution >= 0.6 is 0 Å². The largest absolute Gasteiger partial charge is 0.208 e. The number of allylic oxidation sites excluding steroid dienone is 1. The van der Waals surface area contributed by atoms with Crippen molar-refractivity contribution in [2.75, 3.05) is 0 Å². The zero-order valence-corrected chi connectivity index (χ0v) is 11.8. The monoisotopic (exact) mass is 282 g/mol. The number of halogens is 3. The molecule has 0 unspecified atom stereocenters. The number of rotatable bonds is 4. The summed E-state index contributed by atoms with van der Waals surface area (Å²) in [6.45, 7) is 2.15. The zero-order valence-electron chi connectivity index (χ0n) is 11.8. The summed E-state index contributed by atoms with van der Waals surface area (Å²) in [6.07, 6.45) is 5.71. The van der Waals surface area contributed by atoms with Crippen molar-refractivity contribution in [1.29, 1.82) is 0 Å². The van der Waals surface area contributed by atoms with E-state index >= 15 is 0 Å². The molecular formula is C17H21F3. The second-order valence-electron chi connectivity index (χ2n) is 5.68. The second kappa shape index (κ2) is 6.96. The van der Waals surface area contributed by atoms with Crippen molar-refractivity contribution in [1.82, 2.24) is 0 Å². The SMILES string of the molecule is CCCC1CCC(/C(F)=C(\F)c2ccc(F)cc2)CC1. The van der Waals surface area contributed by atoms with Crippen LogP contribution in [0.15, 0.2) is 30.1 Å². The fourth-order valence-corrected chi connectivity index (χ4v) is 3.03.